The molecule has 0 radical (unpaired) electrons. The van der Waals surface area contributed by atoms with Crippen LogP contribution in [0.2, 0.25) is 0 Å². The standard InChI is InChI=1S/C13H14N6/c1-18(2)9-3-4-11-17-12(13(14)19(11)7-9)10-5-6-15-8-16-10/h3-8H,14H2,1-2H3. The highest BCUT2D eigenvalue weighted by atomic mass is 15.1. The molecule has 0 fully saturated rings. The number of nitrogen functional groups attached to an aromatic ring is 1. The lowest BCUT2D eigenvalue weighted by atomic mass is 10.3. The van der Waals surface area contributed by atoms with Crippen LogP contribution in [0.4, 0.5) is 11.5 Å². The average Bonchev–Trinajstić information content (AvgIpc) is 2.77. The van der Waals surface area contributed by atoms with Crippen LogP contribution in [0, 0.1) is 0 Å². The van der Waals surface area contributed by atoms with Crippen LogP contribution >= 0.6 is 0 Å². The predicted molar refractivity (Wildman–Crippen MR) is 75.0 cm³/mol. The molecule has 19 heavy (non-hydrogen) atoms. The van der Waals surface area contributed by atoms with Crippen molar-refractivity contribution in [3.63, 3.8) is 0 Å². The summed E-state index contributed by atoms with van der Waals surface area (Å²) >= 11 is 0. The van der Waals surface area contributed by atoms with E-state index in [-0.39, 0.29) is 0 Å². The summed E-state index contributed by atoms with van der Waals surface area (Å²) in [5.41, 5.74) is 9.43. The summed E-state index contributed by atoms with van der Waals surface area (Å²) in [4.78, 5) is 14.6. The number of nitrogens with two attached hydrogens (primary N) is 1. The molecule has 0 aliphatic rings. The lowest BCUT2D eigenvalue weighted by Gasteiger charge is -2.12. The van der Waals surface area contributed by atoms with E-state index < -0.39 is 0 Å². The number of pyridine rings is 1. The summed E-state index contributed by atoms with van der Waals surface area (Å²) < 4.78 is 1.87. The lowest BCUT2D eigenvalue weighted by molar-refractivity contribution is 1.09. The van der Waals surface area contributed by atoms with Crippen LogP contribution in [0.5, 0.6) is 0 Å². The van der Waals surface area contributed by atoms with Gasteiger partial charge in [0.1, 0.15) is 23.5 Å². The van der Waals surface area contributed by atoms with E-state index in [9.17, 15) is 0 Å². The summed E-state index contributed by atoms with van der Waals surface area (Å²) in [5.74, 6) is 0.581. The minimum Gasteiger partial charge on any atom is -0.383 e. The molecule has 96 valence electrons. The number of hydrogen-bond acceptors (Lipinski definition) is 5. The summed E-state index contributed by atoms with van der Waals surface area (Å²) in [6.45, 7) is 0. The summed E-state index contributed by atoms with van der Waals surface area (Å²) in [6, 6.07) is 5.74. The van der Waals surface area contributed by atoms with E-state index in [0.29, 0.717) is 11.5 Å². The Bertz CT molecular complexity index is 717. The van der Waals surface area contributed by atoms with Gasteiger partial charge in [-0.2, -0.15) is 0 Å². The molecule has 2 N–H and O–H groups in total. The van der Waals surface area contributed by atoms with Gasteiger partial charge in [-0.05, 0) is 18.2 Å². The van der Waals surface area contributed by atoms with Crippen LogP contribution in [-0.4, -0.2) is 33.4 Å². The second kappa shape index (κ2) is 4.24. The predicted octanol–water partition coefficient (Wildman–Crippen LogP) is 1.44. The molecule has 0 saturated heterocycles. The van der Waals surface area contributed by atoms with Crippen LogP contribution in [-0.2, 0) is 0 Å². The molecule has 3 heterocycles. The number of fused-ring (bicyclic) bond motifs is 1. The molecule has 0 aliphatic heterocycles. The van der Waals surface area contributed by atoms with Gasteiger partial charge in [0.15, 0.2) is 0 Å². The molecule has 3 aromatic heterocycles. The molecular formula is C13H14N6. The van der Waals surface area contributed by atoms with Crippen LogP contribution in [0.15, 0.2) is 36.9 Å². The zero-order valence-corrected chi connectivity index (χ0v) is 10.8. The van der Waals surface area contributed by atoms with Gasteiger partial charge in [0.05, 0.1) is 11.4 Å². The molecule has 6 heteroatoms. The number of hydrogen-bond donors (Lipinski definition) is 1. The third-order valence-electron chi connectivity index (χ3n) is 2.98. The van der Waals surface area contributed by atoms with Crippen LogP contribution in [0.3, 0.4) is 0 Å². The number of rotatable bonds is 2. The number of imidazole rings is 1. The first-order chi connectivity index (χ1) is 9.16. The fourth-order valence-corrected chi connectivity index (χ4v) is 1.94. The Kier molecular flexibility index (Phi) is 2.56. The van der Waals surface area contributed by atoms with Crippen molar-refractivity contribution >= 4 is 17.2 Å². The summed E-state index contributed by atoms with van der Waals surface area (Å²) in [5, 5.41) is 0. The number of nitrogens with zero attached hydrogens (tertiary/aromatic N) is 5. The maximum absolute atomic E-state index is 6.16. The van der Waals surface area contributed by atoms with Gasteiger partial charge in [-0.15, -0.1) is 0 Å². The van der Waals surface area contributed by atoms with E-state index in [1.807, 2.05) is 41.7 Å². The van der Waals surface area contributed by atoms with E-state index in [2.05, 4.69) is 15.0 Å². The van der Waals surface area contributed by atoms with E-state index in [1.54, 1.807) is 12.3 Å². The molecule has 0 unspecified atom stereocenters. The topological polar surface area (TPSA) is 72.3 Å². The van der Waals surface area contributed by atoms with Crippen LogP contribution < -0.4 is 10.6 Å². The van der Waals surface area contributed by atoms with Crippen molar-refractivity contribution in [1.29, 1.82) is 0 Å². The Hall–Kier alpha value is -2.63. The molecule has 0 spiro atoms. The minimum absolute atomic E-state index is 0.581. The maximum atomic E-state index is 6.16. The monoisotopic (exact) mass is 254 g/mol. The Labute approximate surface area is 110 Å². The summed E-state index contributed by atoms with van der Waals surface area (Å²) in [6.07, 6.45) is 5.13. The molecule has 0 aromatic carbocycles. The van der Waals surface area contributed by atoms with Crippen molar-refractivity contribution in [2.24, 2.45) is 0 Å². The van der Waals surface area contributed by atoms with Gasteiger partial charge < -0.3 is 10.6 Å². The molecule has 0 saturated carbocycles. The second-order valence-electron chi connectivity index (χ2n) is 4.45. The van der Waals surface area contributed by atoms with Crippen molar-refractivity contribution in [1.82, 2.24) is 19.4 Å². The second-order valence-corrected chi connectivity index (χ2v) is 4.45. The maximum Gasteiger partial charge on any atom is 0.139 e. The van der Waals surface area contributed by atoms with E-state index >= 15 is 0 Å². The van der Waals surface area contributed by atoms with Gasteiger partial charge in [0.2, 0.25) is 0 Å². The Morgan fingerprint density at radius 3 is 2.74 bits per heavy atom. The summed E-state index contributed by atoms with van der Waals surface area (Å²) in [7, 11) is 3.97. The van der Waals surface area contributed by atoms with Crippen molar-refractivity contribution in [3.8, 4) is 11.4 Å². The van der Waals surface area contributed by atoms with E-state index in [1.165, 1.54) is 6.33 Å². The van der Waals surface area contributed by atoms with Crippen LogP contribution in [0.1, 0.15) is 0 Å². The Morgan fingerprint density at radius 1 is 1.21 bits per heavy atom. The van der Waals surface area contributed by atoms with Crippen LogP contribution in [0.25, 0.3) is 17.0 Å². The van der Waals surface area contributed by atoms with E-state index in [4.69, 9.17) is 5.73 Å². The van der Waals surface area contributed by atoms with Crippen molar-refractivity contribution in [2.75, 3.05) is 24.7 Å². The van der Waals surface area contributed by atoms with Gasteiger partial charge in [0.25, 0.3) is 0 Å². The highest BCUT2D eigenvalue weighted by Gasteiger charge is 2.12. The highest BCUT2D eigenvalue weighted by molar-refractivity contribution is 5.73. The largest absolute Gasteiger partial charge is 0.383 e. The Balaban J connectivity index is 2.21. The third kappa shape index (κ3) is 1.87. The molecule has 6 nitrogen and oxygen atoms in total. The van der Waals surface area contributed by atoms with Gasteiger partial charge >= 0.3 is 0 Å². The normalized spacial score (nSPS) is 10.8. The molecular weight excluding hydrogens is 240 g/mol. The average molecular weight is 254 g/mol. The smallest absolute Gasteiger partial charge is 0.139 e. The fourth-order valence-electron chi connectivity index (χ4n) is 1.94. The van der Waals surface area contributed by atoms with Crippen molar-refractivity contribution in [2.45, 2.75) is 0 Å². The lowest BCUT2D eigenvalue weighted by Crippen LogP contribution is -2.09. The minimum atomic E-state index is 0.581. The van der Waals surface area contributed by atoms with E-state index in [0.717, 1.165) is 17.0 Å². The van der Waals surface area contributed by atoms with Gasteiger partial charge in [-0.3, -0.25) is 4.40 Å². The third-order valence-corrected chi connectivity index (χ3v) is 2.98. The molecule has 0 aliphatic carbocycles. The molecule has 0 bridgehead atoms. The Morgan fingerprint density at radius 2 is 2.05 bits per heavy atom. The van der Waals surface area contributed by atoms with Gasteiger partial charge in [-0.25, -0.2) is 15.0 Å². The van der Waals surface area contributed by atoms with Gasteiger partial charge in [-0.1, -0.05) is 0 Å². The zero-order chi connectivity index (χ0) is 13.4. The zero-order valence-electron chi connectivity index (χ0n) is 10.8. The highest BCUT2D eigenvalue weighted by Crippen LogP contribution is 2.25. The first kappa shape index (κ1) is 11.5. The molecule has 3 aromatic rings. The fraction of sp³-hybridized carbons (Fsp3) is 0.154. The molecule has 0 atom stereocenters. The SMILES string of the molecule is CN(C)c1ccc2nc(-c3ccncn3)c(N)n2c1. The first-order valence-electron chi connectivity index (χ1n) is 5.88. The van der Waals surface area contributed by atoms with Crippen molar-refractivity contribution < 1.29 is 0 Å². The quantitative estimate of drug-likeness (QED) is 0.749. The number of aromatic nitrogens is 4. The molecule has 0 amide bonds. The number of anilines is 2. The first-order valence-corrected chi connectivity index (χ1v) is 5.88. The van der Waals surface area contributed by atoms with Gasteiger partial charge in [0, 0.05) is 26.5 Å². The molecule has 3 rings (SSSR count). The van der Waals surface area contributed by atoms with Crippen molar-refractivity contribution in [3.05, 3.63) is 36.9 Å².